The minimum atomic E-state index is -3.92. The minimum Gasteiger partial charge on any atom is -0.497 e. The Morgan fingerprint density at radius 1 is 1.04 bits per heavy atom. The Morgan fingerprint density at radius 3 is 2.42 bits per heavy atom. The minimum absolute atomic E-state index is 0.0340. The van der Waals surface area contributed by atoms with Crippen LogP contribution < -0.4 is 19.5 Å². The lowest BCUT2D eigenvalue weighted by molar-refractivity contribution is -0.119. The molecule has 0 radical (unpaired) electrons. The number of methoxy groups -OCH3 is 2. The van der Waals surface area contributed by atoms with E-state index in [1.54, 1.807) is 38.1 Å². The molecule has 7 nitrogen and oxygen atoms in total. The monoisotopic (exact) mass is 376 g/mol. The summed E-state index contributed by atoms with van der Waals surface area (Å²) in [5.74, 6) is 0.481. The highest BCUT2D eigenvalue weighted by molar-refractivity contribution is 7.92. The van der Waals surface area contributed by atoms with Crippen LogP contribution in [0.5, 0.6) is 11.5 Å². The first-order valence-corrected chi connectivity index (χ1v) is 9.38. The Kier molecular flexibility index (Phi) is 4.31. The molecule has 0 spiro atoms. The van der Waals surface area contributed by atoms with Crippen molar-refractivity contribution in [3.8, 4) is 11.5 Å². The number of benzene rings is 2. The van der Waals surface area contributed by atoms with E-state index in [0.29, 0.717) is 17.1 Å². The summed E-state index contributed by atoms with van der Waals surface area (Å²) in [6, 6.07) is 9.49. The number of hydrogen-bond donors (Lipinski definition) is 2. The molecule has 26 heavy (non-hydrogen) atoms. The van der Waals surface area contributed by atoms with E-state index in [-0.39, 0.29) is 16.6 Å². The predicted octanol–water partition coefficient (Wildman–Crippen LogP) is 2.73. The second-order valence-electron chi connectivity index (χ2n) is 6.46. The number of sulfonamides is 1. The van der Waals surface area contributed by atoms with Crippen LogP contribution in [-0.2, 0) is 20.2 Å². The fraction of sp³-hybridized carbons (Fsp3) is 0.278. The van der Waals surface area contributed by atoms with Crippen molar-refractivity contribution in [3.05, 3.63) is 42.0 Å². The molecular weight excluding hydrogens is 356 g/mol. The molecule has 2 aromatic rings. The van der Waals surface area contributed by atoms with Gasteiger partial charge in [-0.15, -0.1) is 0 Å². The Balaban J connectivity index is 2.00. The molecular formula is C18H20N2O5S. The summed E-state index contributed by atoms with van der Waals surface area (Å²) in [5.41, 5.74) is 1.05. The van der Waals surface area contributed by atoms with Crippen LogP contribution in [0.1, 0.15) is 19.4 Å². The fourth-order valence-electron chi connectivity index (χ4n) is 2.84. The van der Waals surface area contributed by atoms with Crippen LogP contribution in [0.3, 0.4) is 0 Å². The zero-order chi connectivity index (χ0) is 19.1. The summed E-state index contributed by atoms with van der Waals surface area (Å²) >= 11 is 0. The SMILES string of the molecule is COc1ccc(OC)c(S(=O)(=O)Nc2ccc3c(c2)C(C)(C)C(=O)N3)c1. The first-order chi connectivity index (χ1) is 12.2. The second kappa shape index (κ2) is 6.21. The molecule has 0 unspecified atom stereocenters. The Hall–Kier alpha value is -2.74. The molecule has 0 saturated heterocycles. The number of amides is 1. The van der Waals surface area contributed by atoms with Gasteiger partial charge in [0.2, 0.25) is 5.91 Å². The molecule has 0 bridgehead atoms. The summed E-state index contributed by atoms with van der Waals surface area (Å²) in [6.07, 6.45) is 0. The quantitative estimate of drug-likeness (QED) is 0.837. The number of carbonyl (C=O) groups excluding carboxylic acids is 1. The smallest absolute Gasteiger partial charge is 0.265 e. The Bertz CT molecular complexity index is 983. The van der Waals surface area contributed by atoms with Crippen molar-refractivity contribution < 1.29 is 22.7 Å². The average Bonchev–Trinajstić information content (AvgIpc) is 2.83. The zero-order valence-electron chi connectivity index (χ0n) is 14.9. The van der Waals surface area contributed by atoms with E-state index in [2.05, 4.69) is 10.0 Å². The van der Waals surface area contributed by atoms with Crippen LogP contribution in [0, 0.1) is 0 Å². The molecule has 2 N–H and O–H groups in total. The zero-order valence-corrected chi connectivity index (χ0v) is 15.7. The molecule has 0 aromatic heterocycles. The van der Waals surface area contributed by atoms with Crippen molar-refractivity contribution in [3.63, 3.8) is 0 Å². The molecule has 0 fully saturated rings. The normalized spacial score (nSPS) is 15.2. The molecule has 0 aliphatic carbocycles. The number of fused-ring (bicyclic) bond motifs is 1. The number of anilines is 2. The van der Waals surface area contributed by atoms with Crippen LogP contribution in [0.25, 0.3) is 0 Å². The highest BCUT2D eigenvalue weighted by atomic mass is 32.2. The van der Waals surface area contributed by atoms with Gasteiger partial charge in [0.1, 0.15) is 16.4 Å². The summed E-state index contributed by atoms with van der Waals surface area (Å²) in [7, 11) is -1.06. The number of hydrogen-bond acceptors (Lipinski definition) is 5. The van der Waals surface area contributed by atoms with Crippen LogP contribution in [0.4, 0.5) is 11.4 Å². The summed E-state index contributed by atoms with van der Waals surface area (Å²) in [4.78, 5) is 12.0. The molecule has 3 rings (SSSR count). The molecule has 1 aliphatic rings. The summed E-state index contributed by atoms with van der Waals surface area (Å²) < 4.78 is 38.5. The second-order valence-corrected chi connectivity index (χ2v) is 8.11. The Labute approximate surface area is 152 Å². The first kappa shape index (κ1) is 18.1. The van der Waals surface area contributed by atoms with Crippen LogP contribution in [0.15, 0.2) is 41.3 Å². The molecule has 138 valence electrons. The van der Waals surface area contributed by atoms with E-state index in [0.717, 1.165) is 5.56 Å². The number of rotatable bonds is 5. The molecule has 0 saturated carbocycles. The summed E-state index contributed by atoms with van der Waals surface area (Å²) in [5, 5.41) is 2.79. The van der Waals surface area contributed by atoms with Gasteiger partial charge in [0.05, 0.1) is 19.6 Å². The third kappa shape index (κ3) is 2.96. The maximum Gasteiger partial charge on any atom is 0.265 e. The van der Waals surface area contributed by atoms with E-state index in [1.807, 2.05) is 0 Å². The fourth-order valence-corrected chi connectivity index (χ4v) is 4.07. The molecule has 2 aromatic carbocycles. The topological polar surface area (TPSA) is 93.7 Å². The predicted molar refractivity (Wildman–Crippen MR) is 98.5 cm³/mol. The van der Waals surface area contributed by atoms with Crippen molar-refractivity contribution in [2.24, 2.45) is 0 Å². The lowest BCUT2D eigenvalue weighted by Crippen LogP contribution is -2.26. The maximum absolute atomic E-state index is 12.8. The largest absolute Gasteiger partial charge is 0.497 e. The van der Waals surface area contributed by atoms with Gasteiger partial charge >= 0.3 is 0 Å². The molecule has 1 aliphatic heterocycles. The van der Waals surface area contributed by atoms with Crippen molar-refractivity contribution in [2.45, 2.75) is 24.2 Å². The standard InChI is InChI=1S/C18H20N2O5S/c1-18(2)13-9-11(5-7-14(13)19-17(18)21)20-26(22,23)16-10-12(24-3)6-8-15(16)25-4/h5-10,20H,1-4H3,(H,19,21). The van der Waals surface area contributed by atoms with E-state index < -0.39 is 15.4 Å². The van der Waals surface area contributed by atoms with E-state index >= 15 is 0 Å². The van der Waals surface area contributed by atoms with Gasteiger partial charge in [-0.3, -0.25) is 9.52 Å². The van der Waals surface area contributed by atoms with E-state index in [4.69, 9.17) is 9.47 Å². The van der Waals surface area contributed by atoms with Crippen molar-refractivity contribution in [1.29, 1.82) is 0 Å². The lowest BCUT2D eigenvalue weighted by Gasteiger charge is -2.17. The van der Waals surface area contributed by atoms with Gasteiger partial charge < -0.3 is 14.8 Å². The van der Waals surface area contributed by atoms with Gasteiger partial charge in [-0.25, -0.2) is 8.42 Å². The van der Waals surface area contributed by atoms with Gasteiger partial charge in [0.15, 0.2) is 0 Å². The van der Waals surface area contributed by atoms with Gasteiger partial charge in [-0.1, -0.05) is 0 Å². The third-order valence-corrected chi connectivity index (χ3v) is 5.82. The number of ether oxygens (including phenoxy) is 2. The number of nitrogens with one attached hydrogen (secondary N) is 2. The van der Waals surface area contributed by atoms with Crippen LogP contribution in [0.2, 0.25) is 0 Å². The van der Waals surface area contributed by atoms with Crippen LogP contribution in [-0.4, -0.2) is 28.5 Å². The number of carbonyl (C=O) groups is 1. The van der Waals surface area contributed by atoms with Crippen molar-refractivity contribution in [2.75, 3.05) is 24.3 Å². The first-order valence-electron chi connectivity index (χ1n) is 7.90. The van der Waals surface area contributed by atoms with Gasteiger partial charge in [0.25, 0.3) is 10.0 Å². The molecule has 1 amide bonds. The van der Waals surface area contributed by atoms with Gasteiger partial charge in [-0.05, 0) is 49.7 Å². The molecule has 0 atom stereocenters. The Morgan fingerprint density at radius 2 is 1.77 bits per heavy atom. The molecule has 1 heterocycles. The highest BCUT2D eigenvalue weighted by Gasteiger charge is 2.38. The van der Waals surface area contributed by atoms with Crippen molar-refractivity contribution >= 4 is 27.3 Å². The van der Waals surface area contributed by atoms with Crippen molar-refractivity contribution in [1.82, 2.24) is 0 Å². The highest BCUT2D eigenvalue weighted by Crippen LogP contribution is 2.39. The van der Waals surface area contributed by atoms with Gasteiger partial charge in [0, 0.05) is 17.4 Å². The maximum atomic E-state index is 12.8. The van der Waals surface area contributed by atoms with E-state index in [1.165, 1.54) is 26.4 Å². The molecule has 8 heteroatoms. The van der Waals surface area contributed by atoms with Gasteiger partial charge in [-0.2, -0.15) is 0 Å². The summed E-state index contributed by atoms with van der Waals surface area (Å²) in [6.45, 7) is 3.58. The van der Waals surface area contributed by atoms with Crippen LogP contribution >= 0.6 is 0 Å². The average molecular weight is 376 g/mol. The third-order valence-electron chi connectivity index (χ3n) is 4.42. The van der Waals surface area contributed by atoms with E-state index in [9.17, 15) is 13.2 Å². The lowest BCUT2D eigenvalue weighted by atomic mass is 9.86.